The lowest BCUT2D eigenvalue weighted by Gasteiger charge is -2.42. The molecule has 2 aromatic rings. The highest BCUT2D eigenvalue weighted by atomic mass is 16.5. The fourth-order valence-electron chi connectivity index (χ4n) is 4.27. The summed E-state index contributed by atoms with van der Waals surface area (Å²) < 4.78 is 6.11. The van der Waals surface area contributed by atoms with Crippen LogP contribution in [0.1, 0.15) is 28.2 Å². The quantitative estimate of drug-likeness (QED) is 0.651. The second-order valence-electron chi connectivity index (χ2n) is 8.82. The second-order valence-corrected chi connectivity index (χ2v) is 8.82. The largest absolute Gasteiger partial charge is 0.361 e. The smallest absolute Gasteiger partial charge is 0.272 e. The summed E-state index contributed by atoms with van der Waals surface area (Å²) >= 11 is 0. The summed E-state index contributed by atoms with van der Waals surface area (Å²) in [5.41, 5.74) is 1.18. The van der Waals surface area contributed by atoms with Crippen molar-refractivity contribution < 1.29 is 14.3 Å². The minimum Gasteiger partial charge on any atom is -0.361 e. The molecule has 0 radical (unpaired) electrons. The molecule has 8 nitrogen and oxygen atoms in total. The number of benzene rings is 1. The Morgan fingerprint density at radius 3 is 2.73 bits per heavy atom. The number of carbonyl (C=O) groups excluding carboxylic acids is 2. The average Bonchev–Trinajstić information content (AvgIpc) is 2.96. The summed E-state index contributed by atoms with van der Waals surface area (Å²) in [5.74, 6) is 0.221. The van der Waals surface area contributed by atoms with E-state index in [0.29, 0.717) is 44.3 Å². The molecule has 1 aromatic carbocycles. The third kappa shape index (κ3) is 5.06. The van der Waals surface area contributed by atoms with Crippen molar-refractivity contribution in [2.75, 3.05) is 51.8 Å². The third-order valence-corrected chi connectivity index (χ3v) is 6.06. The molecule has 1 atom stereocenters. The lowest BCUT2D eigenvalue weighted by atomic mass is 9.95. The van der Waals surface area contributed by atoms with Gasteiger partial charge in [0.15, 0.2) is 5.60 Å². The zero-order chi connectivity index (χ0) is 23.4. The van der Waals surface area contributed by atoms with Crippen LogP contribution in [0.2, 0.25) is 0 Å². The standard InChI is InChI=1S/C25H31N5O3/c1-19-17-21(27-24(26-19)28(2)3)22(31)30-15-16-33-25(18-30)12-7-8-13-29(23(25)32)14-11-20-9-5-4-6-10-20/h4-10,17H,11-16,18H2,1-3H3/t25-/m0/s1. The van der Waals surface area contributed by atoms with E-state index in [0.717, 1.165) is 12.1 Å². The molecule has 174 valence electrons. The van der Waals surface area contributed by atoms with E-state index in [4.69, 9.17) is 4.74 Å². The van der Waals surface area contributed by atoms with Gasteiger partial charge in [0.05, 0.1) is 13.2 Å². The van der Waals surface area contributed by atoms with Gasteiger partial charge in [-0.05, 0) is 25.0 Å². The van der Waals surface area contributed by atoms with Gasteiger partial charge in [0.2, 0.25) is 5.95 Å². The van der Waals surface area contributed by atoms with Crippen LogP contribution in [-0.2, 0) is 16.0 Å². The third-order valence-electron chi connectivity index (χ3n) is 6.06. The van der Waals surface area contributed by atoms with Gasteiger partial charge in [-0.25, -0.2) is 9.97 Å². The minimum absolute atomic E-state index is 0.0613. The van der Waals surface area contributed by atoms with Crippen molar-refractivity contribution in [2.24, 2.45) is 0 Å². The molecule has 2 aliphatic rings. The van der Waals surface area contributed by atoms with E-state index >= 15 is 0 Å². The number of hydrogen-bond donors (Lipinski definition) is 0. The summed E-state index contributed by atoms with van der Waals surface area (Å²) in [5, 5.41) is 0. The fraction of sp³-hybridized carbons (Fsp3) is 0.440. The lowest BCUT2D eigenvalue weighted by Crippen LogP contribution is -2.61. The number of amides is 2. The molecule has 4 rings (SSSR count). The molecule has 0 N–H and O–H groups in total. The van der Waals surface area contributed by atoms with Gasteiger partial charge in [0, 0.05) is 45.8 Å². The summed E-state index contributed by atoms with van der Waals surface area (Å²) in [4.78, 5) is 41.1. The predicted octanol–water partition coefficient (Wildman–Crippen LogP) is 2.09. The number of morpholine rings is 1. The second kappa shape index (κ2) is 9.70. The first-order chi connectivity index (χ1) is 15.9. The molecule has 8 heteroatoms. The van der Waals surface area contributed by atoms with Gasteiger partial charge in [-0.3, -0.25) is 9.59 Å². The van der Waals surface area contributed by atoms with Crippen LogP contribution in [0.25, 0.3) is 0 Å². The van der Waals surface area contributed by atoms with Crippen molar-refractivity contribution in [2.45, 2.75) is 25.4 Å². The maximum atomic E-state index is 13.6. The van der Waals surface area contributed by atoms with Crippen molar-refractivity contribution in [1.82, 2.24) is 19.8 Å². The summed E-state index contributed by atoms with van der Waals surface area (Å²) in [6, 6.07) is 11.8. The zero-order valence-corrected chi connectivity index (χ0v) is 19.5. The van der Waals surface area contributed by atoms with Crippen LogP contribution in [0.3, 0.4) is 0 Å². The zero-order valence-electron chi connectivity index (χ0n) is 19.5. The number of hydrogen-bond acceptors (Lipinski definition) is 6. The summed E-state index contributed by atoms with van der Waals surface area (Å²) in [7, 11) is 3.68. The molecule has 2 aliphatic heterocycles. The van der Waals surface area contributed by atoms with Gasteiger partial charge >= 0.3 is 0 Å². The van der Waals surface area contributed by atoms with E-state index in [1.807, 2.05) is 56.3 Å². The molecule has 3 heterocycles. The first kappa shape index (κ1) is 22.9. The van der Waals surface area contributed by atoms with Crippen molar-refractivity contribution in [3.63, 3.8) is 0 Å². The monoisotopic (exact) mass is 449 g/mol. The molecule has 0 aliphatic carbocycles. The maximum absolute atomic E-state index is 13.6. The molecule has 1 aromatic heterocycles. The minimum atomic E-state index is -1.07. The number of anilines is 1. The molecule has 1 fully saturated rings. The van der Waals surface area contributed by atoms with Crippen molar-refractivity contribution in [3.8, 4) is 0 Å². The Bertz CT molecular complexity index is 1040. The summed E-state index contributed by atoms with van der Waals surface area (Å²) in [6.07, 6.45) is 5.22. The Morgan fingerprint density at radius 2 is 1.97 bits per heavy atom. The van der Waals surface area contributed by atoms with Crippen LogP contribution in [0.15, 0.2) is 48.6 Å². The van der Waals surface area contributed by atoms with Gasteiger partial charge < -0.3 is 19.4 Å². The number of ether oxygens (including phenoxy) is 1. The van der Waals surface area contributed by atoms with Crippen LogP contribution in [-0.4, -0.2) is 84.1 Å². The van der Waals surface area contributed by atoms with Crippen LogP contribution in [0.4, 0.5) is 5.95 Å². The maximum Gasteiger partial charge on any atom is 0.272 e. The highest BCUT2D eigenvalue weighted by Gasteiger charge is 2.47. The number of nitrogens with zero attached hydrogens (tertiary/aromatic N) is 5. The van der Waals surface area contributed by atoms with E-state index in [1.54, 1.807) is 15.9 Å². The molecular formula is C25H31N5O3. The molecular weight excluding hydrogens is 418 g/mol. The first-order valence-corrected chi connectivity index (χ1v) is 11.3. The van der Waals surface area contributed by atoms with Crippen molar-refractivity contribution in [1.29, 1.82) is 0 Å². The van der Waals surface area contributed by atoms with E-state index in [2.05, 4.69) is 22.1 Å². The van der Waals surface area contributed by atoms with Gasteiger partial charge in [0.25, 0.3) is 11.8 Å². The first-order valence-electron chi connectivity index (χ1n) is 11.3. The highest BCUT2D eigenvalue weighted by Crippen LogP contribution is 2.28. The molecule has 1 spiro atoms. The number of aryl methyl sites for hydroxylation is 1. The SMILES string of the molecule is Cc1cc(C(=O)N2CCO[C@@]3(CC=CCN(CCc4ccccc4)C3=O)C2)nc(N(C)C)n1. The Balaban J connectivity index is 1.52. The van der Waals surface area contributed by atoms with Crippen LogP contribution < -0.4 is 4.90 Å². The van der Waals surface area contributed by atoms with Crippen molar-refractivity contribution >= 4 is 17.8 Å². The fourth-order valence-corrected chi connectivity index (χ4v) is 4.27. The van der Waals surface area contributed by atoms with Gasteiger partial charge in [-0.15, -0.1) is 0 Å². The predicted molar refractivity (Wildman–Crippen MR) is 126 cm³/mol. The van der Waals surface area contributed by atoms with Gasteiger partial charge in [-0.2, -0.15) is 0 Å². The Labute approximate surface area is 194 Å². The van der Waals surface area contributed by atoms with E-state index in [1.165, 1.54) is 5.56 Å². The van der Waals surface area contributed by atoms with Crippen LogP contribution in [0, 0.1) is 6.92 Å². The van der Waals surface area contributed by atoms with Gasteiger partial charge in [-0.1, -0.05) is 42.5 Å². The van der Waals surface area contributed by atoms with Crippen molar-refractivity contribution in [3.05, 3.63) is 65.5 Å². The van der Waals surface area contributed by atoms with Gasteiger partial charge in [0.1, 0.15) is 5.69 Å². The molecule has 1 saturated heterocycles. The average molecular weight is 450 g/mol. The lowest BCUT2D eigenvalue weighted by molar-refractivity contribution is -0.166. The molecule has 33 heavy (non-hydrogen) atoms. The molecule has 2 amide bonds. The van der Waals surface area contributed by atoms with E-state index < -0.39 is 5.60 Å². The molecule has 0 unspecified atom stereocenters. The topological polar surface area (TPSA) is 78.9 Å². The van der Waals surface area contributed by atoms with E-state index in [9.17, 15) is 9.59 Å². The Morgan fingerprint density at radius 1 is 1.18 bits per heavy atom. The number of aromatic nitrogens is 2. The summed E-state index contributed by atoms with van der Waals surface area (Å²) in [6.45, 7) is 3.92. The highest BCUT2D eigenvalue weighted by molar-refractivity contribution is 5.94. The molecule has 0 saturated carbocycles. The number of carbonyl (C=O) groups is 2. The number of rotatable bonds is 5. The normalized spacial score (nSPS) is 20.8. The van der Waals surface area contributed by atoms with E-state index in [-0.39, 0.29) is 18.4 Å². The van der Waals surface area contributed by atoms with Crippen LogP contribution in [0.5, 0.6) is 0 Å². The Kier molecular flexibility index (Phi) is 6.74. The molecule has 0 bridgehead atoms. The Hall–Kier alpha value is -3.26. The van der Waals surface area contributed by atoms with Crippen LogP contribution >= 0.6 is 0 Å².